The van der Waals surface area contributed by atoms with E-state index in [1.165, 1.54) is 12.0 Å². The topological polar surface area (TPSA) is 49.4 Å². The van der Waals surface area contributed by atoms with Crippen LogP contribution in [0.25, 0.3) is 0 Å². The van der Waals surface area contributed by atoms with Crippen molar-refractivity contribution in [2.24, 2.45) is 0 Å². The Morgan fingerprint density at radius 2 is 1.61 bits per heavy atom. The molecule has 1 atom stereocenters. The second-order valence-electron chi connectivity index (χ2n) is 10.1. The molecular formula is C32H37ClN2O2S. The zero-order valence-electron chi connectivity index (χ0n) is 22.1. The Morgan fingerprint density at radius 3 is 2.29 bits per heavy atom. The molecule has 0 unspecified atom stereocenters. The van der Waals surface area contributed by atoms with Gasteiger partial charge in [0.05, 0.1) is 0 Å². The van der Waals surface area contributed by atoms with Gasteiger partial charge in [-0.15, -0.1) is 11.8 Å². The fourth-order valence-corrected chi connectivity index (χ4v) is 5.89. The van der Waals surface area contributed by atoms with E-state index in [0.29, 0.717) is 30.2 Å². The maximum Gasteiger partial charge on any atom is 0.243 e. The SMILES string of the molecule is Cc1ccc(SCCC(=O)N(Cc2ccc(Cl)cc2)[C@@H](Cc2ccccc2)C(=O)NC2CCCCC2)cc1. The molecule has 38 heavy (non-hydrogen) atoms. The summed E-state index contributed by atoms with van der Waals surface area (Å²) in [6.07, 6.45) is 6.33. The van der Waals surface area contributed by atoms with Gasteiger partial charge in [-0.3, -0.25) is 9.59 Å². The van der Waals surface area contributed by atoms with E-state index >= 15 is 0 Å². The van der Waals surface area contributed by atoms with Crippen molar-refractivity contribution in [1.82, 2.24) is 10.2 Å². The van der Waals surface area contributed by atoms with Crippen LogP contribution in [0.5, 0.6) is 0 Å². The Bertz CT molecular complexity index is 1160. The zero-order valence-corrected chi connectivity index (χ0v) is 23.6. The van der Waals surface area contributed by atoms with Crippen molar-refractivity contribution in [2.45, 2.75) is 75.4 Å². The third-order valence-corrected chi connectivity index (χ3v) is 8.36. The molecule has 0 aliphatic heterocycles. The number of rotatable bonds is 11. The van der Waals surface area contributed by atoms with Crippen LogP contribution in [-0.4, -0.2) is 34.6 Å². The predicted octanol–water partition coefficient (Wildman–Crippen LogP) is 7.22. The van der Waals surface area contributed by atoms with Gasteiger partial charge >= 0.3 is 0 Å². The van der Waals surface area contributed by atoms with E-state index in [1.54, 1.807) is 16.7 Å². The highest BCUT2D eigenvalue weighted by Crippen LogP contribution is 2.23. The number of aryl methyl sites for hydroxylation is 1. The number of halogens is 1. The molecular weight excluding hydrogens is 512 g/mol. The van der Waals surface area contributed by atoms with Gasteiger partial charge in [-0.2, -0.15) is 0 Å². The lowest BCUT2D eigenvalue weighted by molar-refractivity contribution is -0.141. The van der Waals surface area contributed by atoms with Crippen LogP contribution >= 0.6 is 23.4 Å². The molecule has 1 aliphatic carbocycles. The summed E-state index contributed by atoms with van der Waals surface area (Å²) in [5.41, 5.74) is 3.21. The van der Waals surface area contributed by atoms with Gasteiger partial charge < -0.3 is 10.2 Å². The molecule has 0 saturated heterocycles. The number of amides is 2. The molecule has 3 aromatic carbocycles. The summed E-state index contributed by atoms with van der Waals surface area (Å²) in [6, 6.07) is 25.5. The number of hydrogen-bond acceptors (Lipinski definition) is 3. The van der Waals surface area contributed by atoms with Crippen LogP contribution < -0.4 is 5.32 Å². The first-order chi connectivity index (χ1) is 18.5. The van der Waals surface area contributed by atoms with E-state index in [2.05, 4.69) is 36.5 Å². The highest BCUT2D eigenvalue weighted by Gasteiger charge is 2.31. The number of thioether (sulfide) groups is 1. The molecule has 6 heteroatoms. The van der Waals surface area contributed by atoms with Gasteiger partial charge in [0.25, 0.3) is 0 Å². The van der Waals surface area contributed by atoms with Crippen LogP contribution in [-0.2, 0) is 22.6 Å². The second-order valence-corrected chi connectivity index (χ2v) is 11.7. The van der Waals surface area contributed by atoms with Crippen LogP contribution in [0.15, 0.2) is 83.8 Å². The molecule has 1 aliphatic rings. The second kappa shape index (κ2) is 14.4. The Kier molecular flexibility index (Phi) is 10.7. The minimum absolute atomic E-state index is 0.0145. The van der Waals surface area contributed by atoms with Crippen LogP contribution in [0, 0.1) is 6.92 Å². The lowest BCUT2D eigenvalue weighted by Gasteiger charge is -2.33. The van der Waals surface area contributed by atoms with Crippen LogP contribution in [0.3, 0.4) is 0 Å². The number of nitrogens with one attached hydrogen (secondary N) is 1. The maximum absolute atomic E-state index is 13.8. The van der Waals surface area contributed by atoms with Gasteiger partial charge in [0, 0.05) is 41.1 Å². The first-order valence-electron chi connectivity index (χ1n) is 13.6. The first kappa shape index (κ1) is 28.3. The van der Waals surface area contributed by atoms with Crippen LogP contribution in [0.4, 0.5) is 0 Å². The molecule has 0 bridgehead atoms. The Morgan fingerprint density at radius 1 is 0.921 bits per heavy atom. The summed E-state index contributed by atoms with van der Waals surface area (Å²) < 4.78 is 0. The highest BCUT2D eigenvalue weighted by atomic mass is 35.5. The van der Waals surface area contributed by atoms with E-state index < -0.39 is 6.04 Å². The third kappa shape index (κ3) is 8.64. The summed E-state index contributed by atoms with van der Waals surface area (Å²) in [7, 11) is 0. The summed E-state index contributed by atoms with van der Waals surface area (Å²) >= 11 is 7.80. The molecule has 200 valence electrons. The summed E-state index contributed by atoms with van der Waals surface area (Å²) in [4.78, 5) is 30.5. The summed E-state index contributed by atoms with van der Waals surface area (Å²) in [5, 5.41) is 3.95. The van der Waals surface area contributed by atoms with Crippen LogP contribution in [0.1, 0.15) is 55.2 Å². The molecule has 1 saturated carbocycles. The van der Waals surface area contributed by atoms with Crippen molar-refractivity contribution in [2.75, 3.05) is 5.75 Å². The van der Waals surface area contributed by atoms with E-state index in [0.717, 1.165) is 41.7 Å². The minimum atomic E-state index is -0.591. The normalized spacial score (nSPS) is 14.6. The monoisotopic (exact) mass is 548 g/mol. The Balaban J connectivity index is 1.55. The van der Waals surface area contributed by atoms with Crippen molar-refractivity contribution in [1.29, 1.82) is 0 Å². The third-order valence-electron chi connectivity index (χ3n) is 7.09. The molecule has 4 rings (SSSR count). The molecule has 3 aromatic rings. The van der Waals surface area contributed by atoms with Gasteiger partial charge in [0.1, 0.15) is 6.04 Å². The van der Waals surface area contributed by atoms with Gasteiger partial charge in [-0.1, -0.05) is 91.0 Å². The van der Waals surface area contributed by atoms with Crippen molar-refractivity contribution in [3.63, 3.8) is 0 Å². The lowest BCUT2D eigenvalue weighted by atomic mass is 9.94. The average Bonchev–Trinajstić information content (AvgIpc) is 2.94. The fourth-order valence-electron chi connectivity index (χ4n) is 4.92. The van der Waals surface area contributed by atoms with Crippen molar-refractivity contribution >= 4 is 35.2 Å². The summed E-state index contributed by atoms with van der Waals surface area (Å²) in [5.74, 6) is 0.579. The van der Waals surface area contributed by atoms with E-state index in [1.807, 2.05) is 54.6 Å². The van der Waals surface area contributed by atoms with Crippen molar-refractivity contribution in [3.05, 3.63) is 101 Å². The molecule has 0 heterocycles. The van der Waals surface area contributed by atoms with Gasteiger partial charge in [-0.05, 0) is 55.2 Å². The zero-order chi connectivity index (χ0) is 26.7. The molecule has 4 nitrogen and oxygen atoms in total. The van der Waals surface area contributed by atoms with Crippen LogP contribution in [0.2, 0.25) is 5.02 Å². The quantitative estimate of drug-likeness (QED) is 0.257. The van der Waals surface area contributed by atoms with Gasteiger partial charge in [-0.25, -0.2) is 0 Å². The lowest BCUT2D eigenvalue weighted by Crippen LogP contribution is -2.52. The maximum atomic E-state index is 13.8. The Labute approximate surface area is 236 Å². The van der Waals surface area contributed by atoms with E-state index in [9.17, 15) is 9.59 Å². The van der Waals surface area contributed by atoms with E-state index in [4.69, 9.17) is 11.6 Å². The predicted molar refractivity (Wildman–Crippen MR) is 157 cm³/mol. The minimum Gasteiger partial charge on any atom is -0.352 e. The summed E-state index contributed by atoms with van der Waals surface area (Å²) in [6.45, 7) is 2.43. The van der Waals surface area contributed by atoms with Gasteiger partial charge in [0.15, 0.2) is 0 Å². The molecule has 0 spiro atoms. The fraction of sp³-hybridized carbons (Fsp3) is 0.375. The van der Waals surface area contributed by atoms with Gasteiger partial charge in [0.2, 0.25) is 11.8 Å². The standard InChI is InChI=1S/C32H37ClN2O2S/c1-24-12-18-29(19-13-24)38-21-20-31(36)35(23-26-14-16-27(33)17-15-26)30(22-25-8-4-2-5-9-25)32(37)34-28-10-6-3-7-11-28/h2,4-5,8-9,12-19,28,30H,3,6-7,10-11,20-23H2,1H3,(H,34,37)/t30-/m0/s1. The largest absolute Gasteiger partial charge is 0.352 e. The smallest absolute Gasteiger partial charge is 0.243 e. The first-order valence-corrected chi connectivity index (χ1v) is 14.9. The van der Waals surface area contributed by atoms with Crippen molar-refractivity contribution < 1.29 is 9.59 Å². The number of carbonyl (C=O) groups excluding carboxylic acids is 2. The number of nitrogens with zero attached hydrogens (tertiary/aromatic N) is 1. The Hall–Kier alpha value is -2.76. The molecule has 1 fully saturated rings. The average molecular weight is 549 g/mol. The highest BCUT2D eigenvalue weighted by molar-refractivity contribution is 7.99. The molecule has 0 radical (unpaired) electrons. The van der Waals surface area contributed by atoms with E-state index in [-0.39, 0.29) is 17.9 Å². The number of benzene rings is 3. The molecule has 1 N–H and O–H groups in total. The molecule has 0 aromatic heterocycles. The molecule has 2 amide bonds. The number of carbonyl (C=O) groups is 2. The number of hydrogen-bond donors (Lipinski definition) is 1. The van der Waals surface area contributed by atoms with Crippen molar-refractivity contribution in [3.8, 4) is 0 Å².